The Bertz CT molecular complexity index is 426. The summed E-state index contributed by atoms with van der Waals surface area (Å²) in [6.45, 7) is 11.3. The summed E-state index contributed by atoms with van der Waals surface area (Å²) < 4.78 is 0. The molecule has 0 radical (unpaired) electrons. The van der Waals surface area contributed by atoms with E-state index < -0.39 is 0 Å². The second kappa shape index (κ2) is 13.9. The monoisotopic (exact) mass is 394 g/mol. The molecule has 0 bridgehead atoms. The van der Waals surface area contributed by atoms with Crippen molar-refractivity contribution in [3.63, 3.8) is 0 Å². The molecule has 0 aliphatic heterocycles. The van der Waals surface area contributed by atoms with Crippen LogP contribution in [0.3, 0.4) is 0 Å². The maximum absolute atomic E-state index is 12.9. The summed E-state index contributed by atoms with van der Waals surface area (Å²) in [6.07, 6.45) is 20.2. The van der Waals surface area contributed by atoms with Crippen LogP contribution >= 0.6 is 11.8 Å². The van der Waals surface area contributed by atoms with Gasteiger partial charge < -0.3 is 0 Å². The molecule has 2 heteroatoms. The first-order chi connectivity index (χ1) is 12.9. The normalized spacial score (nSPS) is 22.7. The Morgan fingerprint density at radius 1 is 1.04 bits per heavy atom. The van der Waals surface area contributed by atoms with Gasteiger partial charge >= 0.3 is 0 Å². The Morgan fingerprint density at radius 3 is 2.15 bits per heavy atom. The van der Waals surface area contributed by atoms with Crippen LogP contribution in [0.2, 0.25) is 0 Å². The lowest BCUT2D eigenvalue weighted by molar-refractivity contribution is -0.128. The molecule has 0 spiro atoms. The molecule has 0 saturated carbocycles. The quantitative estimate of drug-likeness (QED) is 0.205. The van der Waals surface area contributed by atoms with Gasteiger partial charge in [-0.1, -0.05) is 105 Å². The fourth-order valence-corrected chi connectivity index (χ4v) is 5.66. The fourth-order valence-electron chi connectivity index (χ4n) is 4.61. The molecule has 0 heterocycles. The Balaban J connectivity index is 2.08. The molecule has 0 amide bonds. The summed E-state index contributed by atoms with van der Waals surface area (Å²) in [5.74, 6) is 2.29. The fraction of sp³-hybridized carbons (Fsp3) is 0.880. The second-order valence-electron chi connectivity index (χ2n) is 9.49. The van der Waals surface area contributed by atoms with Gasteiger partial charge in [-0.25, -0.2) is 0 Å². The van der Waals surface area contributed by atoms with Crippen molar-refractivity contribution in [2.24, 2.45) is 17.3 Å². The minimum Gasteiger partial charge on any atom is -0.299 e. The number of ketones is 1. The number of hydrogen-bond donors (Lipinski definition) is 0. The summed E-state index contributed by atoms with van der Waals surface area (Å²) in [6, 6.07) is 0. The van der Waals surface area contributed by atoms with Crippen LogP contribution in [0.25, 0.3) is 0 Å². The van der Waals surface area contributed by atoms with Gasteiger partial charge in [0.1, 0.15) is 5.78 Å². The molecule has 0 aromatic heterocycles. The molecule has 0 aromatic carbocycles. The van der Waals surface area contributed by atoms with Gasteiger partial charge in [0.05, 0.1) is 0 Å². The van der Waals surface area contributed by atoms with Crippen LogP contribution in [-0.2, 0) is 4.79 Å². The molecular formula is C25H46OS. The minimum atomic E-state index is 0.117. The van der Waals surface area contributed by atoms with E-state index in [2.05, 4.69) is 46.8 Å². The van der Waals surface area contributed by atoms with Gasteiger partial charge in [0.2, 0.25) is 0 Å². The highest BCUT2D eigenvalue weighted by Gasteiger charge is 2.39. The van der Waals surface area contributed by atoms with Crippen molar-refractivity contribution in [1.82, 2.24) is 0 Å². The third-order valence-electron chi connectivity index (χ3n) is 6.19. The zero-order valence-corrected chi connectivity index (χ0v) is 19.7. The lowest BCUT2D eigenvalue weighted by Gasteiger charge is -2.39. The number of carbonyl (C=O) groups is 1. The second-order valence-corrected chi connectivity index (χ2v) is 11.0. The van der Waals surface area contributed by atoms with E-state index in [0.717, 1.165) is 12.8 Å². The van der Waals surface area contributed by atoms with Gasteiger partial charge in [0, 0.05) is 17.6 Å². The molecule has 27 heavy (non-hydrogen) atoms. The largest absolute Gasteiger partial charge is 0.299 e. The average Bonchev–Trinajstić information content (AvgIpc) is 2.58. The van der Waals surface area contributed by atoms with Crippen molar-refractivity contribution in [1.29, 1.82) is 0 Å². The van der Waals surface area contributed by atoms with Crippen molar-refractivity contribution in [2.75, 3.05) is 5.75 Å². The zero-order chi connectivity index (χ0) is 20.1. The molecule has 0 saturated heterocycles. The van der Waals surface area contributed by atoms with Gasteiger partial charge in [-0.2, -0.15) is 11.8 Å². The van der Waals surface area contributed by atoms with Crippen molar-refractivity contribution in [3.8, 4) is 0 Å². The predicted molar refractivity (Wildman–Crippen MR) is 124 cm³/mol. The molecule has 1 nitrogen and oxygen atoms in total. The van der Waals surface area contributed by atoms with E-state index in [-0.39, 0.29) is 11.3 Å². The van der Waals surface area contributed by atoms with Crippen LogP contribution < -0.4 is 0 Å². The highest BCUT2D eigenvalue weighted by molar-refractivity contribution is 7.99. The third kappa shape index (κ3) is 10.2. The lowest BCUT2D eigenvalue weighted by Crippen LogP contribution is -2.38. The van der Waals surface area contributed by atoms with E-state index in [4.69, 9.17) is 0 Å². The van der Waals surface area contributed by atoms with Gasteiger partial charge in [-0.15, -0.1) is 0 Å². The van der Waals surface area contributed by atoms with Crippen LogP contribution in [-0.4, -0.2) is 16.8 Å². The number of thioether (sulfide) groups is 1. The Morgan fingerprint density at radius 2 is 1.59 bits per heavy atom. The molecule has 1 rings (SSSR count). The molecule has 158 valence electrons. The number of rotatable bonds is 15. The van der Waals surface area contributed by atoms with Crippen LogP contribution in [0.1, 0.15) is 112 Å². The molecule has 1 aliphatic carbocycles. The number of carbonyl (C=O) groups excluding carboxylic acids is 1. The number of allylic oxidation sites excluding steroid dienone is 2. The highest BCUT2D eigenvalue weighted by atomic mass is 32.2. The van der Waals surface area contributed by atoms with Crippen LogP contribution in [0.4, 0.5) is 0 Å². The molecule has 0 aromatic rings. The molecule has 0 fully saturated rings. The topological polar surface area (TPSA) is 17.1 Å². The Labute approximate surface area is 174 Å². The predicted octanol–water partition coefficient (Wildman–Crippen LogP) is 8.23. The van der Waals surface area contributed by atoms with Gasteiger partial charge in [-0.3, -0.25) is 4.79 Å². The molecule has 1 unspecified atom stereocenters. The molecular weight excluding hydrogens is 348 g/mol. The molecule has 3 atom stereocenters. The van der Waals surface area contributed by atoms with E-state index in [1.807, 2.05) is 11.8 Å². The van der Waals surface area contributed by atoms with E-state index >= 15 is 0 Å². The van der Waals surface area contributed by atoms with Gasteiger partial charge in [0.25, 0.3) is 0 Å². The SMILES string of the molecule is CCCCCCCCCCCCSC(C)CC(=O)[C@@H]1[C@@H](C)C=CCC1(C)C. The van der Waals surface area contributed by atoms with Crippen molar-refractivity contribution < 1.29 is 4.79 Å². The van der Waals surface area contributed by atoms with Crippen LogP contribution in [0, 0.1) is 17.3 Å². The maximum atomic E-state index is 12.9. The Hall–Kier alpha value is -0.240. The Kier molecular flexibility index (Phi) is 12.7. The van der Waals surface area contributed by atoms with Crippen LogP contribution in [0.5, 0.6) is 0 Å². The van der Waals surface area contributed by atoms with Gasteiger partial charge in [0.15, 0.2) is 0 Å². The smallest absolute Gasteiger partial charge is 0.138 e. The van der Waals surface area contributed by atoms with E-state index in [1.165, 1.54) is 70.0 Å². The number of unbranched alkanes of at least 4 members (excludes halogenated alkanes) is 9. The van der Waals surface area contributed by atoms with Crippen molar-refractivity contribution in [3.05, 3.63) is 12.2 Å². The number of hydrogen-bond acceptors (Lipinski definition) is 2. The highest BCUT2D eigenvalue weighted by Crippen LogP contribution is 2.42. The van der Waals surface area contributed by atoms with E-state index in [9.17, 15) is 4.79 Å². The summed E-state index contributed by atoms with van der Waals surface area (Å²) in [7, 11) is 0. The van der Waals surface area contributed by atoms with Crippen molar-refractivity contribution in [2.45, 2.75) is 117 Å². The third-order valence-corrected chi connectivity index (χ3v) is 7.45. The van der Waals surface area contributed by atoms with Gasteiger partial charge in [-0.05, 0) is 29.9 Å². The van der Waals surface area contributed by atoms with E-state index in [1.54, 1.807) is 0 Å². The molecule has 1 aliphatic rings. The minimum absolute atomic E-state index is 0.117. The summed E-state index contributed by atoms with van der Waals surface area (Å²) in [5.41, 5.74) is 0.117. The summed E-state index contributed by atoms with van der Waals surface area (Å²) in [4.78, 5) is 12.9. The maximum Gasteiger partial charge on any atom is 0.138 e. The first kappa shape index (κ1) is 24.8. The first-order valence-corrected chi connectivity index (χ1v) is 12.7. The standard InChI is InChI=1S/C25H46OS/c1-6-7-8-9-10-11-12-13-14-15-19-27-22(3)20-23(26)24-21(2)17-16-18-25(24,4)5/h16-17,21-22,24H,6-15,18-20H2,1-5H3/t21-,22?,24-/m0/s1. The molecule has 0 N–H and O–H groups in total. The van der Waals surface area contributed by atoms with Crippen molar-refractivity contribution >= 4 is 17.5 Å². The summed E-state index contributed by atoms with van der Waals surface area (Å²) in [5, 5.41) is 0.463. The van der Waals surface area contributed by atoms with E-state index in [0.29, 0.717) is 17.0 Å². The lowest BCUT2D eigenvalue weighted by atomic mass is 9.65. The first-order valence-electron chi connectivity index (χ1n) is 11.7. The zero-order valence-electron chi connectivity index (χ0n) is 18.9. The average molecular weight is 395 g/mol. The number of Topliss-reactive ketones (excluding diaryl/α,β-unsaturated/α-hetero) is 1. The van der Waals surface area contributed by atoms with Crippen LogP contribution in [0.15, 0.2) is 12.2 Å². The summed E-state index contributed by atoms with van der Waals surface area (Å²) >= 11 is 2.01.